The summed E-state index contributed by atoms with van der Waals surface area (Å²) in [5.41, 5.74) is 0.958. The molecule has 2 rings (SSSR count). The van der Waals surface area contributed by atoms with Crippen LogP contribution in [-0.2, 0) is 16.1 Å². The smallest absolute Gasteiger partial charge is 0.317 e. The van der Waals surface area contributed by atoms with Gasteiger partial charge in [-0.15, -0.1) is 0 Å². The maximum Gasteiger partial charge on any atom is 0.317 e. The largest absolute Gasteiger partial charge is 0.480 e. The van der Waals surface area contributed by atoms with Gasteiger partial charge in [-0.25, -0.2) is 0 Å². The molecule has 1 aromatic rings. The van der Waals surface area contributed by atoms with E-state index in [2.05, 4.69) is 5.32 Å². The molecule has 0 spiro atoms. The molecule has 0 unspecified atom stereocenters. The van der Waals surface area contributed by atoms with Gasteiger partial charge < -0.3 is 10.4 Å². The van der Waals surface area contributed by atoms with E-state index in [-0.39, 0.29) is 19.0 Å². The van der Waals surface area contributed by atoms with Crippen molar-refractivity contribution in [1.29, 1.82) is 0 Å². The number of rotatable bonds is 8. The number of carboxylic acid groups (broad SMARTS) is 1. The Morgan fingerprint density at radius 3 is 2.48 bits per heavy atom. The fourth-order valence-electron chi connectivity index (χ4n) is 2.10. The molecule has 0 atom stereocenters. The zero-order valence-electron chi connectivity index (χ0n) is 11.7. The zero-order chi connectivity index (χ0) is 15.2. The quantitative estimate of drug-likeness (QED) is 0.767. The van der Waals surface area contributed by atoms with E-state index in [4.69, 9.17) is 16.7 Å². The summed E-state index contributed by atoms with van der Waals surface area (Å²) in [6.45, 7) is 1.13. The Kier molecular flexibility index (Phi) is 5.59. The number of nitrogens with zero attached hydrogens (tertiary/aromatic N) is 1. The molecule has 114 valence electrons. The zero-order valence-corrected chi connectivity index (χ0v) is 12.5. The molecular formula is C15H19ClN2O3. The molecule has 0 saturated heterocycles. The Morgan fingerprint density at radius 1 is 1.24 bits per heavy atom. The van der Waals surface area contributed by atoms with Crippen molar-refractivity contribution in [1.82, 2.24) is 10.2 Å². The van der Waals surface area contributed by atoms with Gasteiger partial charge in [-0.1, -0.05) is 23.7 Å². The predicted molar refractivity (Wildman–Crippen MR) is 80.1 cm³/mol. The van der Waals surface area contributed by atoms with Crippen molar-refractivity contribution in [3.63, 3.8) is 0 Å². The molecule has 21 heavy (non-hydrogen) atoms. The summed E-state index contributed by atoms with van der Waals surface area (Å²) in [7, 11) is 0. The van der Waals surface area contributed by atoms with E-state index in [0.29, 0.717) is 24.0 Å². The summed E-state index contributed by atoms with van der Waals surface area (Å²) in [6.07, 6.45) is 2.25. The minimum atomic E-state index is -0.902. The second-order valence-electron chi connectivity index (χ2n) is 5.41. The van der Waals surface area contributed by atoms with Crippen LogP contribution in [0.2, 0.25) is 5.02 Å². The molecule has 1 fully saturated rings. The summed E-state index contributed by atoms with van der Waals surface area (Å²) < 4.78 is 0. The lowest BCUT2D eigenvalue weighted by atomic mass is 10.2. The second-order valence-corrected chi connectivity index (χ2v) is 5.85. The van der Waals surface area contributed by atoms with Gasteiger partial charge in [-0.05, 0) is 36.5 Å². The van der Waals surface area contributed by atoms with Crippen molar-refractivity contribution in [3.05, 3.63) is 34.9 Å². The number of amides is 1. The Hall–Kier alpha value is -1.59. The minimum Gasteiger partial charge on any atom is -0.480 e. The Labute approximate surface area is 128 Å². The Morgan fingerprint density at radius 2 is 1.90 bits per heavy atom. The van der Waals surface area contributed by atoms with Crippen molar-refractivity contribution in [2.24, 2.45) is 5.92 Å². The van der Waals surface area contributed by atoms with E-state index in [1.165, 1.54) is 0 Å². The molecule has 1 saturated carbocycles. The van der Waals surface area contributed by atoms with E-state index in [1.807, 2.05) is 12.1 Å². The van der Waals surface area contributed by atoms with Crippen LogP contribution in [0.3, 0.4) is 0 Å². The van der Waals surface area contributed by atoms with Crippen LogP contribution in [0.15, 0.2) is 24.3 Å². The predicted octanol–water partition coefficient (Wildman–Crippen LogP) is 1.75. The highest BCUT2D eigenvalue weighted by Gasteiger charge is 2.26. The summed E-state index contributed by atoms with van der Waals surface area (Å²) in [5, 5.41) is 12.3. The molecule has 0 aliphatic heterocycles. The van der Waals surface area contributed by atoms with Gasteiger partial charge in [0.1, 0.15) is 0 Å². The lowest BCUT2D eigenvalue weighted by molar-refractivity contribution is -0.138. The first-order valence-corrected chi connectivity index (χ1v) is 7.36. The first-order chi connectivity index (χ1) is 10.0. The number of nitrogens with one attached hydrogen (secondary N) is 1. The van der Waals surface area contributed by atoms with Crippen molar-refractivity contribution < 1.29 is 14.7 Å². The average molecular weight is 311 g/mol. The average Bonchev–Trinajstić information content (AvgIpc) is 3.21. The molecule has 6 heteroatoms. The number of hydrogen-bond donors (Lipinski definition) is 2. The molecule has 1 aromatic carbocycles. The Bertz CT molecular complexity index is 500. The van der Waals surface area contributed by atoms with Gasteiger partial charge in [0.25, 0.3) is 0 Å². The van der Waals surface area contributed by atoms with Crippen LogP contribution in [0.1, 0.15) is 18.4 Å². The van der Waals surface area contributed by atoms with Gasteiger partial charge in [0, 0.05) is 18.1 Å². The molecule has 1 aliphatic carbocycles. The van der Waals surface area contributed by atoms with Gasteiger partial charge in [-0.2, -0.15) is 0 Å². The fraction of sp³-hybridized carbons (Fsp3) is 0.467. The number of hydrogen-bond acceptors (Lipinski definition) is 3. The highest BCUT2D eigenvalue weighted by Crippen LogP contribution is 2.29. The number of carbonyl (C=O) groups excluding carboxylic acids is 1. The lowest BCUT2D eigenvalue weighted by Gasteiger charge is -2.19. The SMILES string of the molecule is O=C(O)CN(CC(=O)NCc1ccc(Cl)cc1)CC1CC1. The van der Waals surface area contributed by atoms with Crippen LogP contribution in [0, 0.1) is 5.92 Å². The normalized spacial score (nSPS) is 14.2. The monoisotopic (exact) mass is 310 g/mol. The van der Waals surface area contributed by atoms with Crippen LogP contribution in [0.4, 0.5) is 0 Å². The van der Waals surface area contributed by atoms with Crippen molar-refractivity contribution in [2.75, 3.05) is 19.6 Å². The van der Waals surface area contributed by atoms with Gasteiger partial charge in [0.15, 0.2) is 0 Å². The van der Waals surface area contributed by atoms with E-state index < -0.39 is 5.97 Å². The minimum absolute atomic E-state index is 0.0924. The number of benzene rings is 1. The van der Waals surface area contributed by atoms with Crippen LogP contribution in [-0.4, -0.2) is 41.5 Å². The number of halogens is 1. The summed E-state index contributed by atoms with van der Waals surface area (Å²) >= 11 is 5.80. The molecule has 0 aromatic heterocycles. The third kappa shape index (κ3) is 6.14. The van der Waals surface area contributed by atoms with Crippen LogP contribution in [0.25, 0.3) is 0 Å². The number of carbonyl (C=O) groups is 2. The standard InChI is InChI=1S/C15H19ClN2O3/c16-13-5-3-11(4-6-13)7-17-14(19)9-18(10-15(20)21)8-12-1-2-12/h3-6,12H,1-2,7-10H2,(H,17,19)(H,20,21). The molecular weight excluding hydrogens is 292 g/mol. The van der Waals surface area contributed by atoms with E-state index in [1.54, 1.807) is 17.0 Å². The van der Waals surface area contributed by atoms with Crippen molar-refractivity contribution >= 4 is 23.5 Å². The molecule has 0 heterocycles. The number of aliphatic carboxylic acids is 1. The maximum atomic E-state index is 11.9. The van der Waals surface area contributed by atoms with Gasteiger partial charge in [0.2, 0.25) is 5.91 Å². The highest BCUT2D eigenvalue weighted by molar-refractivity contribution is 6.30. The topological polar surface area (TPSA) is 69.6 Å². The Balaban J connectivity index is 1.77. The van der Waals surface area contributed by atoms with Crippen LogP contribution in [0.5, 0.6) is 0 Å². The van der Waals surface area contributed by atoms with Crippen molar-refractivity contribution in [2.45, 2.75) is 19.4 Å². The van der Waals surface area contributed by atoms with Crippen LogP contribution < -0.4 is 5.32 Å². The second kappa shape index (κ2) is 7.43. The molecule has 5 nitrogen and oxygen atoms in total. The van der Waals surface area contributed by atoms with Gasteiger partial charge >= 0.3 is 5.97 Å². The molecule has 0 bridgehead atoms. The van der Waals surface area contributed by atoms with Crippen LogP contribution >= 0.6 is 11.6 Å². The summed E-state index contributed by atoms with van der Waals surface area (Å²) in [6, 6.07) is 7.24. The van der Waals surface area contributed by atoms with Gasteiger partial charge in [0.05, 0.1) is 13.1 Å². The third-order valence-corrected chi connectivity index (χ3v) is 3.59. The van der Waals surface area contributed by atoms with Gasteiger partial charge in [-0.3, -0.25) is 14.5 Å². The highest BCUT2D eigenvalue weighted by atomic mass is 35.5. The summed E-state index contributed by atoms with van der Waals surface area (Å²) in [4.78, 5) is 24.4. The summed E-state index contributed by atoms with van der Waals surface area (Å²) in [5.74, 6) is -0.513. The molecule has 2 N–H and O–H groups in total. The van der Waals surface area contributed by atoms with E-state index in [9.17, 15) is 9.59 Å². The maximum absolute atomic E-state index is 11.9. The fourth-order valence-corrected chi connectivity index (χ4v) is 2.23. The molecule has 1 amide bonds. The lowest BCUT2D eigenvalue weighted by Crippen LogP contribution is -2.40. The van der Waals surface area contributed by atoms with Crippen molar-refractivity contribution in [3.8, 4) is 0 Å². The molecule has 0 radical (unpaired) electrons. The first-order valence-electron chi connectivity index (χ1n) is 6.98. The van der Waals surface area contributed by atoms with E-state index in [0.717, 1.165) is 18.4 Å². The first kappa shape index (κ1) is 15.8. The molecule has 1 aliphatic rings. The third-order valence-electron chi connectivity index (χ3n) is 3.34. The van der Waals surface area contributed by atoms with E-state index >= 15 is 0 Å². The number of carboxylic acids is 1.